The van der Waals surface area contributed by atoms with Gasteiger partial charge in [-0.25, -0.2) is 14.8 Å². The molecule has 1 rings (SSSR count). The molecule has 1 heterocycles. The second kappa shape index (κ2) is 6.06. The molecular formula is C11H15N3O4. The van der Waals surface area contributed by atoms with Crippen LogP contribution in [0.1, 0.15) is 21.9 Å². The van der Waals surface area contributed by atoms with E-state index in [0.717, 1.165) is 0 Å². The Morgan fingerprint density at radius 1 is 1.50 bits per heavy atom. The summed E-state index contributed by atoms with van der Waals surface area (Å²) in [7, 11) is 1.27. The molecule has 0 spiro atoms. The number of carbonyl (C=O) groups excluding carboxylic acids is 1. The monoisotopic (exact) mass is 253 g/mol. The second-order valence-corrected chi connectivity index (χ2v) is 3.69. The second-order valence-electron chi connectivity index (χ2n) is 3.69. The van der Waals surface area contributed by atoms with Crippen LogP contribution < -0.4 is 5.32 Å². The van der Waals surface area contributed by atoms with E-state index < -0.39 is 18.0 Å². The molecule has 1 unspecified atom stereocenters. The first kappa shape index (κ1) is 14.0. The van der Waals surface area contributed by atoms with E-state index in [1.807, 2.05) is 0 Å². The van der Waals surface area contributed by atoms with Crippen molar-refractivity contribution in [1.29, 1.82) is 0 Å². The van der Waals surface area contributed by atoms with Gasteiger partial charge in [0.05, 0.1) is 17.8 Å². The smallest absolute Gasteiger partial charge is 0.334 e. The van der Waals surface area contributed by atoms with Crippen molar-refractivity contribution in [2.24, 2.45) is 0 Å². The minimum Gasteiger partial charge on any atom is -0.479 e. The maximum atomic E-state index is 11.8. The van der Waals surface area contributed by atoms with Crippen LogP contribution >= 0.6 is 0 Å². The van der Waals surface area contributed by atoms with Gasteiger partial charge >= 0.3 is 5.97 Å². The van der Waals surface area contributed by atoms with Crippen LogP contribution in [0.5, 0.6) is 0 Å². The number of aromatic nitrogens is 2. The summed E-state index contributed by atoms with van der Waals surface area (Å²) < 4.78 is 4.70. The molecule has 7 heteroatoms. The number of ether oxygens (including phenoxy) is 1. The lowest BCUT2D eigenvalue weighted by Crippen LogP contribution is -2.38. The molecule has 2 N–H and O–H groups in total. The number of nitrogens with one attached hydrogen (secondary N) is 1. The first-order chi connectivity index (χ1) is 8.45. The number of carbonyl (C=O) groups is 2. The van der Waals surface area contributed by atoms with E-state index in [2.05, 4.69) is 15.3 Å². The van der Waals surface area contributed by atoms with Crippen LogP contribution in [0.4, 0.5) is 0 Å². The third-order valence-electron chi connectivity index (χ3n) is 2.35. The molecule has 1 atom stereocenters. The molecule has 1 aromatic rings. The lowest BCUT2D eigenvalue weighted by molar-refractivity contribution is -0.148. The van der Waals surface area contributed by atoms with Crippen molar-refractivity contribution in [2.75, 3.05) is 13.7 Å². The third-order valence-corrected chi connectivity index (χ3v) is 2.35. The number of rotatable bonds is 5. The van der Waals surface area contributed by atoms with Gasteiger partial charge in [-0.2, -0.15) is 0 Å². The predicted octanol–water partition coefficient (Wildman–Crippen LogP) is -0.0772. The number of hydrogen-bond acceptors (Lipinski definition) is 5. The van der Waals surface area contributed by atoms with E-state index in [0.29, 0.717) is 17.1 Å². The van der Waals surface area contributed by atoms with Gasteiger partial charge in [-0.1, -0.05) is 0 Å². The maximum Gasteiger partial charge on any atom is 0.334 e. The van der Waals surface area contributed by atoms with Crippen LogP contribution in [0.15, 0.2) is 6.20 Å². The number of nitrogens with zero attached hydrogens (tertiary/aromatic N) is 2. The molecule has 0 aliphatic rings. The highest BCUT2D eigenvalue weighted by atomic mass is 16.5. The first-order valence-electron chi connectivity index (χ1n) is 5.29. The summed E-state index contributed by atoms with van der Waals surface area (Å²) in [5, 5.41) is 11.2. The first-order valence-corrected chi connectivity index (χ1v) is 5.29. The molecule has 1 aromatic heterocycles. The van der Waals surface area contributed by atoms with Crippen molar-refractivity contribution in [1.82, 2.24) is 15.3 Å². The zero-order valence-electron chi connectivity index (χ0n) is 10.4. The average molecular weight is 253 g/mol. The Balaban J connectivity index is 2.68. The van der Waals surface area contributed by atoms with Gasteiger partial charge in [0.25, 0.3) is 5.91 Å². The highest BCUT2D eigenvalue weighted by molar-refractivity contribution is 5.95. The molecule has 7 nitrogen and oxygen atoms in total. The SMILES string of the molecule is COC(CNC(=O)c1cnc(C)nc1C)C(=O)O. The third kappa shape index (κ3) is 3.49. The van der Waals surface area contributed by atoms with Crippen LogP contribution in [0, 0.1) is 13.8 Å². The number of hydrogen-bond donors (Lipinski definition) is 2. The van der Waals surface area contributed by atoms with Gasteiger partial charge in [0, 0.05) is 13.3 Å². The topological polar surface area (TPSA) is 101 Å². The van der Waals surface area contributed by atoms with Crippen LogP contribution in [0.25, 0.3) is 0 Å². The molecule has 98 valence electrons. The minimum atomic E-state index is -1.13. The normalized spacial score (nSPS) is 11.9. The lowest BCUT2D eigenvalue weighted by Gasteiger charge is -2.12. The molecule has 0 aliphatic heterocycles. The molecule has 0 aromatic carbocycles. The highest BCUT2D eigenvalue weighted by Gasteiger charge is 2.18. The van der Waals surface area contributed by atoms with E-state index in [9.17, 15) is 9.59 Å². The molecule has 0 fully saturated rings. The van der Waals surface area contributed by atoms with E-state index >= 15 is 0 Å². The van der Waals surface area contributed by atoms with Crippen molar-refractivity contribution in [3.05, 3.63) is 23.3 Å². The molecule has 0 aliphatic carbocycles. The van der Waals surface area contributed by atoms with Gasteiger partial charge in [0.1, 0.15) is 5.82 Å². The van der Waals surface area contributed by atoms with E-state index in [1.54, 1.807) is 13.8 Å². The van der Waals surface area contributed by atoms with Crippen molar-refractivity contribution in [2.45, 2.75) is 20.0 Å². The Hall–Kier alpha value is -2.02. The number of amides is 1. The number of aryl methyl sites for hydroxylation is 2. The number of methoxy groups -OCH3 is 1. The van der Waals surface area contributed by atoms with Gasteiger partial charge in [-0.3, -0.25) is 4.79 Å². The number of carboxylic acids is 1. The lowest BCUT2D eigenvalue weighted by atomic mass is 10.2. The molecule has 1 amide bonds. The highest BCUT2D eigenvalue weighted by Crippen LogP contribution is 2.03. The summed E-state index contributed by atoms with van der Waals surface area (Å²) in [5.41, 5.74) is 0.866. The van der Waals surface area contributed by atoms with E-state index in [-0.39, 0.29) is 6.54 Å². The number of aliphatic carboxylic acids is 1. The fourth-order valence-electron chi connectivity index (χ4n) is 1.36. The van der Waals surface area contributed by atoms with Gasteiger partial charge in [-0.15, -0.1) is 0 Å². The summed E-state index contributed by atoms with van der Waals surface area (Å²) in [6, 6.07) is 0. The summed E-state index contributed by atoms with van der Waals surface area (Å²) in [6.07, 6.45) is 0.343. The van der Waals surface area contributed by atoms with Gasteiger partial charge in [0.15, 0.2) is 6.10 Å². The summed E-state index contributed by atoms with van der Waals surface area (Å²) in [5.74, 6) is -0.977. The molecular weight excluding hydrogens is 238 g/mol. The van der Waals surface area contributed by atoms with Crippen LogP contribution in [-0.4, -0.2) is 46.7 Å². The van der Waals surface area contributed by atoms with Crippen molar-refractivity contribution >= 4 is 11.9 Å². The fraction of sp³-hybridized carbons (Fsp3) is 0.455. The van der Waals surface area contributed by atoms with Crippen molar-refractivity contribution in [3.63, 3.8) is 0 Å². The maximum absolute atomic E-state index is 11.8. The van der Waals surface area contributed by atoms with Crippen molar-refractivity contribution in [3.8, 4) is 0 Å². The zero-order valence-corrected chi connectivity index (χ0v) is 10.4. The average Bonchev–Trinajstić information content (AvgIpc) is 2.28. The Morgan fingerprint density at radius 2 is 2.17 bits per heavy atom. The standard InChI is InChI=1S/C11H15N3O4/c1-6-8(4-12-7(2)14-6)10(15)13-5-9(18-3)11(16)17/h4,9H,5H2,1-3H3,(H,13,15)(H,16,17). The molecule has 0 saturated heterocycles. The Labute approximate surface area is 104 Å². The Kier molecular flexibility index (Phi) is 4.73. The zero-order chi connectivity index (χ0) is 13.7. The van der Waals surface area contributed by atoms with Gasteiger partial charge < -0.3 is 15.2 Å². The van der Waals surface area contributed by atoms with Crippen molar-refractivity contribution < 1.29 is 19.4 Å². The summed E-state index contributed by atoms with van der Waals surface area (Å²) >= 11 is 0. The molecule has 18 heavy (non-hydrogen) atoms. The quantitative estimate of drug-likeness (QED) is 0.761. The van der Waals surface area contributed by atoms with Crippen LogP contribution in [0.3, 0.4) is 0 Å². The van der Waals surface area contributed by atoms with Gasteiger partial charge in [0.2, 0.25) is 0 Å². The van der Waals surface area contributed by atoms with E-state index in [4.69, 9.17) is 9.84 Å². The summed E-state index contributed by atoms with van der Waals surface area (Å²) in [4.78, 5) is 30.5. The Morgan fingerprint density at radius 3 is 2.67 bits per heavy atom. The Bertz CT molecular complexity index is 462. The molecule has 0 saturated carbocycles. The fourth-order valence-corrected chi connectivity index (χ4v) is 1.36. The van der Waals surface area contributed by atoms with Crippen LogP contribution in [0.2, 0.25) is 0 Å². The van der Waals surface area contributed by atoms with Crippen LogP contribution in [-0.2, 0) is 9.53 Å². The summed E-state index contributed by atoms with van der Waals surface area (Å²) in [6.45, 7) is 3.30. The minimum absolute atomic E-state index is 0.113. The largest absolute Gasteiger partial charge is 0.479 e. The predicted molar refractivity (Wildman–Crippen MR) is 62.3 cm³/mol. The van der Waals surface area contributed by atoms with Gasteiger partial charge in [-0.05, 0) is 13.8 Å². The number of carboxylic acid groups (broad SMARTS) is 1. The van der Waals surface area contributed by atoms with E-state index in [1.165, 1.54) is 13.3 Å². The molecule has 0 bridgehead atoms. The molecule has 0 radical (unpaired) electrons.